The standard InChI is InChI=1S/C21H26FN5O3S/c1-14-17-9-10-19(28)26(13-15-6-4-7-16(22)12-15)21(17)24-20(23-14)18-8-5-11-27(18)31(29,30)25(2)3/h4,6-7,12,18H,5,8-11,13H2,1-3H3/t18-/m0/s1. The van der Waals surface area contributed by atoms with Crippen molar-refractivity contribution in [3.63, 3.8) is 0 Å². The predicted molar refractivity (Wildman–Crippen MR) is 114 cm³/mol. The number of hydrogen-bond donors (Lipinski definition) is 0. The van der Waals surface area contributed by atoms with Gasteiger partial charge in [-0.2, -0.15) is 17.0 Å². The zero-order valence-electron chi connectivity index (χ0n) is 17.9. The summed E-state index contributed by atoms with van der Waals surface area (Å²) < 4.78 is 41.8. The zero-order chi connectivity index (χ0) is 22.3. The van der Waals surface area contributed by atoms with Crippen molar-refractivity contribution in [1.82, 2.24) is 18.6 Å². The Morgan fingerprint density at radius 3 is 2.71 bits per heavy atom. The van der Waals surface area contributed by atoms with E-state index in [0.717, 1.165) is 11.3 Å². The van der Waals surface area contributed by atoms with Crippen LogP contribution in [0.25, 0.3) is 0 Å². The molecule has 0 radical (unpaired) electrons. The zero-order valence-corrected chi connectivity index (χ0v) is 18.7. The molecule has 1 aromatic heterocycles. The van der Waals surface area contributed by atoms with Crippen LogP contribution in [0.1, 0.15) is 47.9 Å². The second kappa shape index (κ2) is 8.25. The minimum atomic E-state index is -3.62. The monoisotopic (exact) mass is 447 g/mol. The third-order valence-corrected chi connectivity index (χ3v) is 7.80. The van der Waals surface area contributed by atoms with Gasteiger partial charge in [-0.3, -0.25) is 9.69 Å². The highest BCUT2D eigenvalue weighted by Gasteiger charge is 2.39. The molecule has 31 heavy (non-hydrogen) atoms. The van der Waals surface area contributed by atoms with Gasteiger partial charge in [0.25, 0.3) is 10.2 Å². The fourth-order valence-electron chi connectivity index (χ4n) is 4.22. The van der Waals surface area contributed by atoms with Gasteiger partial charge in [0.2, 0.25) is 5.91 Å². The number of anilines is 1. The molecule has 0 saturated carbocycles. The van der Waals surface area contributed by atoms with Crippen LogP contribution in [0.3, 0.4) is 0 Å². The Morgan fingerprint density at radius 2 is 2.00 bits per heavy atom. The lowest BCUT2D eigenvalue weighted by atomic mass is 10.0. The van der Waals surface area contributed by atoms with Gasteiger partial charge in [-0.15, -0.1) is 0 Å². The molecule has 3 heterocycles. The smallest absolute Gasteiger partial charge is 0.282 e. The van der Waals surface area contributed by atoms with Gasteiger partial charge < -0.3 is 0 Å². The molecule has 10 heteroatoms. The van der Waals surface area contributed by atoms with Crippen LogP contribution in [-0.4, -0.2) is 53.5 Å². The first-order valence-electron chi connectivity index (χ1n) is 10.3. The summed E-state index contributed by atoms with van der Waals surface area (Å²) >= 11 is 0. The van der Waals surface area contributed by atoms with Crippen molar-refractivity contribution < 1.29 is 17.6 Å². The third-order valence-electron chi connectivity index (χ3n) is 5.84. The Morgan fingerprint density at radius 1 is 1.23 bits per heavy atom. The molecule has 2 aliphatic heterocycles. The first-order chi connectivity index (χ1) is 14.7. The van der Waals surface area contributed by atoms with Crippen molar-refractivity contribution in [3.8, 4) is 0 Å². The molecule has 1 fully saturated rings. The van der Waals surface area contributed by atoms with Crippen LogP contribution in [0.15, 0.2) is 24.3 Å². The highest BCUT2D eigenvalue weighted by atomic mass is 32.2. The van der Waals surface area contributed by atoms with Gasteiger partial charge in [0.05, 0.1) is 12.6 Å². The molecule has 4 rings (SSSR count). The van der Waals surface area contributed by atoms with Crippen LogP contribution in [0.4, 0.5) is 10.2 Å². The van der Waals surface area contributed by atoms with E-state index in [4.69, 9.17) is 4.98 Å². The van der Waals surface area contributed by atoms with E-state index in [9.17, 15) is 17.6 Å². The summed E-state index contributed by atoms with van der Waals surface area (Å²) in [5, 5.41) is 0. The first-order valence-corrected chi connectivity index (χ1v) is 11.7. The van der Waals surface area contributed by atoms with Crippen molar-refractivity contribution in [2.24, 2.45) is 0 Å². The number of amides is 1. The summed E-state index contributed by atoms with van der Waals surface area (Å²) in [7, 11) is -0.615. The molecule has 2 aromatic rings. The quantitative estimate of drug-likeness (QED) is 0.702. The normalized spacial score (nSPS) is 19.8. The third kappa shape index (κ3) is 4.07. The van der Waals surface area contributed by atoms with Crippen molar-refractivity contribution in [2.75, 3.05) is 25.5 Å². The lowest BCUT2D eigenvalue weighted by Crippen LogP contribution is -2.40. The molecule has 0 spiro atoms. The number of aryl methyl sites for hydroxylation is 1. The maximum atomic E-state index is 13.7. The van der Waals surface area contributed by atoms with E-state index in [-0.39, 0.29) is 18.3 Å². The number of carbonyl (C=O) groups is 1. The van der Waals surface area contributed by atoms with Crippen LogP contribution >= 0.6 is 0 Å². The lowest BCUT2D eigenvalue weighted by molar-refractivity contribution is -0.119. The molecule has 0 N–H and O–H groups in total. The fraction of sp³-hybridized carbons (Fsp3) is 0.476. The summed E-state index contributed by atoms with van der Waals surface area (Å²) in [5.74, 6) is 0.442. The van der Waals surface area contributed by atoms with Gasteiger partial charge in [0, 0.05) is 38.3 Å². The second-order valence-corrected chi connectivity index (χ2v) is 10.2. The molecule has 166 valence electrons. The number of hydrogen-bond acceptors (Lipinski definition) is 5. The van der Waals surface area contributed by atoms with E-state index < -0.39 is 16.3 Å². The Balaban J connectivity index is 1.74. The number of nitrogens with zero attached hydrogens (tertiary/aromatic N) is 5. The predicted octanol–water partition coefficient (Wildman–Crippen LogP) is 2.35. The summed E-state index contributed by atoms with van der Waals surface area (Å²) in [5.41, 5.74) is 2.28. The van der Waals surface area contributed by atoms with Crippen LogP contribution in [0.2, 0.25) is 0 Å². The van der Waals surface area contributed by atoms with Gasteiger partial charge in [-0.05, 0) is 43.9 Å². The Kier molecular flexibility index (Phi) is 5.80. The van der Waals surface area contributed by atoms with E-state index in [1.165, 1.54) is 34.8 Å². The second-order valence-electron chi connectivity index (χ2n) is 8.14. The van der Waals surface area contributed by atoms with E-state index in [1.807, 2.05) is 6.92 Å². The maximum Gasteiger partial charge on any atom is 0.282 e. The van der Waals surface area contributed by atoms with Gasteiger partial charge >= 0.3 is 0 Å². The molecule has 1 aromatic carbocycles. The number of fused-ring (bicyclic) bond motifs is 1. The van der Waals surface area contributed by atoms with Gasteiger partial charge in [-0.1, -0.05) is 12.1 Å². The van der Waals surface area contributed by atoms with Gasteiger partial charge in [0.15, 0.2) is 0 Å². The maximum absolute atomic E-state index is 13.7. The van der Waals surface area contributed by atoms with Crippen molar-refractivity contribution in [3.05, 3.63) is 52.7 Å². The van der Waals surface area contributed by atoms with Crippen molar-refractivity contribution in [1.29, 1.82) is 0 Å². The lowest BCUT2D eigenvalue weighted by Gasteiger charge is -2.31. The average Bonchev–Trinajstić information content (AvgIpc) is 3.21. The topological polar surface area (TPSA) is 86.7 Å². The SMILES string of the molecule is Cc1nc([C@@H]2CCCN2S(=O)(=O)N(C)C)nc2c1CCC(=O)N2Cc1cccc(F)c1. The molecule has 0 aliphatic carbocycles. The Bertz CT molecular complexity index is 1120. The molecule has 1 saturated heterocycles. The number of aromatic nitrogens is 2. The summed E-state index contributed by atoms with van der Waals surface area (Å²) in [4.78, 5) is 23.7. The summed E-state index contributed by atoms with van der Waals surface area (Å²) in [6.07, 6.45) is 2.19. The van der Waals surface area contributed by atoms with Crippen LogP contribution in [-0.2, 0) is 28.0 Å². The van der Waals surface area contributed by atoms with E-state index in [0.29, 0.717) is 49.4 Å². The number of carbonyl (C=O) groups excluding carboxylic acids is 1. The van der Waals surface area contributed by atoms with Crippen LogP contribution in [0, 0.1) is 12.7 Å². The highest BCUT2D eigenvalue weighted by Crippen LogP contribution is 2.36. The Labute approximate surface area is 181 Å². The number of rotatable bonds is 5. The molecule has 1 atom stereocenters. The van der Waals surface area contributed by atoms with Crippen molar-refractivity contribution in [2.45, 2.75) is 45.2 Å². The molecule has 0 unspecified atom stereocenters. The average molecular weight is 448 g/mol. The summed E-state index contributed by atoms with van der Waals surface area (Å²) in [6.45, 7) is 2.46. The Hall–Kier alpha value is -2.43. The molecule has 8 nitrogen and oxygen atoms in total. The van der Waals surface area contributed by atoms with E-state index in [1.54, 1.807) is 17.0 Å². The van der Waals surface area contributed by atoms with Crippen molar-refractivity contribution >= 4 is 21.9 Å². The molecule has 0 bridgehead atoms. The van der Waals surface area contributed by atoms with Gasteiger partial charge in [0.1, 0.15) is 17.5 Å². The van der Waals surface area contributed by atoms with Crippen LogP contribution in [0.5, 0.6) is 0 Å². The van der Waals surface area contributed by atoms with E-state index >= 15 is 0 Å². The highest BCUT2D eigenvalue weighted by molar-refractivity contribution is 7.86. The molecule has 2 aliphatic rings. The molecular weight excluding hydrogens is 421 g/mol. The number of benzene rings is 1. The summed E-state index contributed by atoms with van der Waals surface area (Å²) in [6, 6.07) is 5.66. The van der Waals surface area contributed by atoms with Gasteiger partial charge in [-0.25, -0.2) is 14.4 Å². The first kappa shape index (κ1) is 21.8. The number of halogens is 1. The minimum Gasteiger partial charge on any atom is -0.292 e. The largest absolute Gasteiger partial charge is 0.292 e. The minimum absolute atomic E-state index is 0.0926. The fourth-order valence-corrected chi connectivity index (χ4v) is 5.52. The van der Waals surface area contributed by atoms with E-state index in [2.05, 4.69) is 4.98 Å². The molecule has 1 amide bonds. The molecular formula is C21H26FN5O3S. The van der Waals surface area contributed by atoms with Crippen LogP contribution < -0.4 is 4.90 Å².